The first-order valence-electron chi connectivity index (χ1n) is 8.75. The van der Waals surface area contributed by atoms with Crippen LogP contribution in [0.4, 0.5) is 0 Å². The van der Waals surface area contributed by atoms with E-state index < -0.39 is 0 Å². The van der Waals surface area contributed by atoms with E-state index >= 15 is 0 Å². The number of carbonyl (C=O) groups excluding carboxylic acids is 1. The molecule has 0 aromatic heterocycles. The number of nitrogens with zero attached hydrogens (tertiary/aromatic N) is 2. The fourth-order valence-electron chi connectivity index (χ4n) is 2.76. The van der Waals surface area contributed by atoms with Crippen molar-refractivity contribution in [2.24, 2.45) is 10.9 Å². The number of para-hydroxylation sites is 1. The molecule has 26 heavy (non-hydrogen) atoms. The molecule has 0 bridgehead atoms. The Morgan fingerprint density at radius 1 is 1.38 bits per heavy atom. The average molecular weight is 476 g/mol. The molecule has 8 heteroatoms. The topological polar surface area (TPSA) is 86.2 Å². The van der Waals surface area contributed by atoms with Gasteiger partial charge in [0.2, 0.25) is 0 Å². The van der Waals surface area contributed by atoms with E-state index in [4.69, 9.17) is 4.74 Å². The zero-order valence-electron chi connectivity index (χ0n) is 15.4. The van der Waals surface area contributed by atoms with Gasteiger partial charge < -0.3 is 25.4 Å². The molecule has 1 fully saturated rings. The molecule has 0 radical (unpaired) electrons. The van der Waals surface area contributed by atoms with E-state index in [1.807, 2.05) is 14.0 Å². The molecule has 1 aliphatic heterocycles. The van der Waals surface area contributed by atoms with E-state index in [9.17, 15) is 9.90 Å². The van der Waals surface area contributed by atoms with E-state index in [0.717, 1.165) is 38.7 Å². The summed E-state index contributed by atoms with van der Waals surface area (Å²) in [6, 6.07) is 6.50. The van der Waals surface area contributed by atoms with Crippen molar-refractivity contribution in [2.75, 3.05) is 46.4 Å². The highest BCUT2D eigenvalue weighted by atomic mass is 127. The smallest absolute Gasteiger partial charge is 0.255 e. The van der Waals surface area contributed by atoms with Crippen LogP contribution in [0.1, 0.15) is 23.7 Å². The third kappa shape index (κ3) is 6.99. The summed E-state index contributed by atoms with van der Waals surface area (Å²) in [7, 11) is 2.01. The van der Waals surface area contributed by atoms with Gasteiger partial charge in [-0.15, -0.1) is 24.0 Å². The number of hydrogen-bond donors (Lipinski definition) is 3. The number of carbonyl (C=O) groups is 1. The summed E-state index contributed by atoms with van der Waals surface area (Å²) in [6.45, 7) is 6.23. The lowest BCUT2D eigenvalue weighted by molar-refractivity contribution is 0.0952. The van der Waals surface area contributed by atoms with Gasteiger partial charge in [-0.2, -0.15) is 0 Å². The molecule has 7 nitrogen and oxygen atoms in total. The minimum Gasteiger partial charge on any atom is -0.507 e. The maximum absolute atomic E-state index is 12.0. The summed E-state index contributed by atoms with van der Waals surface area (Å²) in [5.74, 6) is 1.05. The van der Waals surface area contributed by atoms with E-state index in [1.54, 1.807) is 18.2 Å². The lowest BCUT2D eigenvalue weighted by Crippen LogP contribution is -2.42. The molecule has 146 valence electrons. The van der Waals surface area contributed by atoms with Gasteiger partial charge in [0.15, 0.2) is 5.96 Å². The van der Waals surface area contributed by atoms with Crippen LogP contribution in [-0.2, 0) is 4.74 Å². The van der Waals surface area contributed by atoms with E-state index in [-0.39, 0.29) is 41.2 Å². The van der Waals surface area contributed by atoms with Gasteiger partial charge in [-0.25, -0.2) is 0 Å². The van der Waals surface area contributed by atoms with Crippen molar-refractivity contribution in [2.45, 2.75) is 13.3 Å². The molecule has 1 heterocycles. The Kier molecular flexibility index (Phi) is 10.3. The van der Waals surface area contributed by atoms with Gasteiger partial charge in [0, 0.05) is 39.2 Å². The number of halogens is 1. The third-order valence-corrected chi connectivity index (χ3v) is 4.06. The van der Waals surface area contributed by atoms with Crippen molar-refractivity contribution in [3.05, 3.63) is 29.8 Å². The minimum atomic E-state index is -0.297. The maximum atomic E-state index is 12.0. The molecule has 1 unspecified atom stereocenters. The summed E-state index contributed by atoms with van der Waals surface area (Å²) in [4.78, 5) is 18.7. The Bertz CT molecular complexity index is 592. The number of aliphatic imine (C=N–C) groups is 1. The third-order valence-electron chi connectivity index (χ3n) is 4.06. The first-order valence-corrected chi connectivity index (χ1v) is 8.75. The Morgan fingerprint density at radius 2 is 2.15 bits per heavy atom. The largest absolute Gasteiger partial charge is 0.507 e. The summed E-state index contributed by atoms with van der Waals surface area (Å²) in [6.07, 6.45) is 1.08. The summed E-state index contributed by atoms with van der Waals surface area (Å²) in [5, 5.41) is 15.7. The van der Waals surface area contributed by atoms with Crippen molar-refractivity contribution in [1.29, 1.82) is 0 Å². The number of nitrogens with one attached hydrogen (secondary N) is 2. The molecule has 0 saturated carbocycles. The Morgan fingerprint density at radius 3 is 2.81 bits per heavy atom. The molecule has 1 amide bonds. The van der Waals surface area contributed by atoms with Crippen LogP contribution < -0.4 is 10.6 Å². The Labute approximate surface area is 172 Å². The van der Waals surface area contributed by atoms with Gasteiger partial charge in [-0.1, -0.05) is 12.1 Å². The number of hydrogen-bond acceptors (Lipinski definition) is 4. The van der Waals surface area contributed by atoms with Crippen LogP contribution in [0.25, 0.3) is 0 Å². The monoisotopic (exact) mass is 476 g/mol. The van der Waals surface area contributed by atoms with Crippen LogP contribution in [0.5, 0.6) is 5.75 Å². The molecule has 1 aliphatic rings. The van der Waals surface area contributed by atoms with Gasteiger partial charge in [-0.3, -0.25) is 9.79 Å². The molecular weight excluding hydrogens is 447 g/mol. The van der Waals surface area contributed by atoms with Gasteiger partial charge >= 0.3 is 0 Å². The van der Waals surface area contributed by atoms with Gasteiger partial charge in [0.25, 0.3) is 5.91 Å². The van der Waals surface area contributed by atoms with Crippen LogP contribution in [0, 0.1) is 5.92 Å². The van der Waals surface area contributed by atoms with E-state index in [0.29, 0.717) is 19.0 Å². The minimum absolute atomic E-state index is 0. The second-order valence-corrected chi connectivity index (χ2v) is 6.12. The van der Waals surface area contributed by atoms with Crippen LogP contribution in [-0.4, -0.2) is 68.3 Å². The zero-order valence-corrected chi connectivity index (χ0v) is 17.7. The van der Waals surface area contributed by atoms with Crippen molar-refractivity contribution >= 4 is 35.8 Å². The number of ether oxygens (including phenoxy) is 1. The number of aromatic hydroxyl groups is 1. The number of phenolic OH excluding ortho intramolecular Hbond substituents is 1. The van der Waals surface area contributed by atoms with E-state index in [2.05, 4.69) is 20.5 Å². The predicted octanol–water partition coefficient (Wildman–Crippen LogP) is 1.67. The Hall–Kier alpha value is -1.55. The number of rotatable bonds is 7. The Balaban J connectivity index is 0.00000338. The van der Waals surface area contributed by atoms with Gasteiger partial charge in [0.1, 0.15) is 5.75 Å². The molecule has 0 aliphatic carbocycles. The quantitative estimate of drug-likeness (QED) is 0.241. The number of amides is 1. The second kappa shape index (κ2) is 11.9. The maximum Gasteiger partial charge on any atom is 0.255 e. The molecular formula is C18H29IN4O3. The predicted molar refractivity (Wildman–Crippen MR) is 113 cm³/mol. The zero-order chi connectivity index (χ0) is 18.1. The van der Waals surface area contributed by atoms with Crippen molar-refractivity contribution in [1.82, 2.24) is 15.5 Å². The van der Waals surface area contributed by atoms with Crippen molar-refractivity contribution in [3.8, 4) is 5.75 Å². The number of phenols is 1. The average Bonchev–Trinajstić information content (AvgIpc) is 3.10. The normalized spacial score (nSPS) is 16.7. The first kappa shape index (κ1) is 22.5. The van der Waals surface area contributed by atoms with Crippen molar-refractivity contribution in [3.63, 3.8) is 0 Å². The van der Waals surface area contributed by atoms with E-state index in [1.165, 1.54) is 6.07 Å². The van der Waals surface area contributed by atoms with Crippen molar-refractivity contribution < 1.29 is 14.6 Å². The molecule has 1 aromatic rings. The second-order valence-electron chi connectivity index (χ2n) is 6.12. The lowest BCUT2D eigenvalue weighted by atomic mass is 10.1. The number of guanidine groups is 1. The molecule has 0 spiro atoms. The van der Waals surface area contributed by atoms with Crippen LogP contribution in [0.2, 0.25) is 0 Å². The summed E-state index contributed by atoms with van der Waals surface area (Å²) in [5.41, 5.74) is 0.275. The standard InChI is InChI=1S/C18H28N4O3.HI/c1-3-19-18(22(2)12-14-8-11-25-13-14)21-10-9-20-17(24)15-6-4-5-7-16(15)23;/h4-7,14,23H,3,8-13H2,1-2H3,(H,19,21)(H,20,24);1H. The SMILES string of the molecule is CCNC(=NCCNC(=O)c1ccccc1O)N(C)CC1CCOC1.I. The van der Waals surface area contributed by atoms with Gasteiger partial charge in [-0.05, 0) is 25.5 Å². The molecule has 3 N–H and O–H groups in total. The first-order chi connectivity index (χ1) is 12.1. The van der Waals surface area contributed by atoms with Crippen LogP contribution >= 0.6 is 24.0 Å². The highest BCUT2D eigenvalue weighted by molar-refractivity contribution is 14.0. The number of benzene rings is 1. The van der Waals surface area contributed by atoms with Crippen LogP contribution in [0.15, 0.2) is 29.3 Å². The fraction of sp³-hybridized carbons (Fsp3) is 0.556. The molecule has 1 aromatic carbocycles. The highest BCUT2D eigenvalue weighted by Crippen LogP contribution is 2.15. The molecule has 2 rings (SSSR count). The fourth-order valence-corrected chi connectivity index (χ4v) is 2.76. The summed E-state index contributed by atoms with van der Waals surface area (Å²) >= 11 is 0. The molecule has 1 saturated heterocycles. The summed E-state index contributed by atoms with van der Waals surface area (Å²) < 4.78 is 5.42. The lowest BCUT2D eigenvalue weighted by Gasteiger charge is -2.24. The molecule has 1 atom stereocenters. The highest BCUT2D eigenvalue weighted by Gasteiger charge is 2.19. The van der Waals surface area contributed by atoms with Crippen LogP contribution in [0.3, 0.4) is 0 Å². The van der Waals surface area contributed by atoms with Gasteiger partial charge in [0.05, 0.1) is 18.7 Å².